The first-order chi connectivity index (χ1) is 7.72. The van der Waals surface area contributed by atoms with Crippen molar-refractivity contribution < 1.29 is 0 Å². The number of nitrogens with one attached hydrogen (secondary N) is 1. The third kappa shape index (κ3) is 2.04. The van der Waals surface area contributed by atoms with E-state index in [1.54, 1.807) is 0 Å². The van der Waals surface area contributed by atoms with Crippen LogP contribution in [0.2, 0.25) is 5.02 Å². The van der Waals surface area contributed by atoms with Crippen LogP contribution >= 0.6 is 22.9 Å². The highest BCUT2D eigenvalue weighted by Crippen LogP contribution is 2.31. The molecule has 0 spiro atoms. The van der Waals surface area contributed by atoms with Gasteiger partial charge < -0.3 is 5.32 Å². The molecule has 0 unspecified atom stereocenters. The maximum Gasteiger partial charge on any atom is 0.102 e. The average Bonchev–Trinajstić information content (AvgIpc) is 2.71. The smallest absolute Gasteiger partial charge is 0.102 e. The lowest BCUT2D eigenvalue weighted by Gasteiger charge is -2.10. The number of nitrogens with zero attached hydrogens (tertiary/aromatic N) is 1. The van der Waals surface area contributed by atoms with Gasteiger partial charge in [-0.05, 0) is 18.6 Å². The van der Waals surface area contributed by atoms with Crippen molar-refractivity contribution in [1.82, 2.24) is 0 Å². The summed E-state index contributed by atoms with van der Waals surface area (Å²) in [5, 5.41) is 16.5. The fraction of sp³-hybridized carbons (Fsp3) is 0.0833. The summed E-state index contributed by atoms with van der Waals surface area (Å²) in [5.41, 5.74) is 3.37. The normalized spacial score (nSPS) is 9.81. The summed E-state index contributed by atoms with van der Waals surface area (Å²) in [5.74, 6) is 0. The Morgan fingerprint density at radius 1 is 1.38 bits per heavy atom. The molecular weight excluding hydrogens is 240 g/mol. The van der Waals surface area contributed by atoms with Crippen LogP contribution in [0.5, 0.6) is 0 Å². The van der Waals surface area contributed by atoms with Gasteiger partial charge in [-0.3, -0.25) is 0 Å². The summed E-state index contributed by atoms with van der Waals surface area (Å²) < 4.78 is 0. The maximum absolute atomic E-state index is 8.91. The highest BCUT2D eigenvalue weighted by atomic mass is 35.5. The van der Waals surface area contributed by atoms with Crippen molar-refractivity contribution in [1.29, 1.82) is 5.26 Å². The van der Waals surface area contributed by atoms with Crippen LogP contribution in [0.25, 0.3) is 0 Å². The van der Waals surface area contributed by atoms with E-state index >= 15 is 0 Å². The highest BCUT2D eigenvalue weighted by Gasteiger charge is 2.07. The van der Waals surface area contributed by atoms with Gasteiger partial charge in [0.1, 0.15) is 6.07 Å². The molecule has 0 aliphatic heterocycles. The fourth-order valence-corrected chi connectivity index (χ4v) is 2.38. The second-order valence-electron chi connectivity index (χ2n) is 3.37. The lowest BCUT2D eigenvalue weighted by atomic mass is 10.2. The van der Waals surface area contributed by atoms with E-state index in [1.807, 2.05) is 35.9 Å². The lowest BCUT2D eigenvalue weighted by molar-refractivity contribution is 1.43. The zero-order valence-electron chi connectivity index (χ0n) is 8.62. The molecule has 2 rings (SSSR count). The molecule has 0 saturated heterocycles. The van der Waals surface area contributed by atoms with Crippen LogP contribution in [0.4, 0.5) is 11.4 Å². The van der Waals surface area contributed by atoms with E-state index in [1.165, 1.54) is 11.3 Å². The molecule has 1 aromatic heterocycles. The average molecular weight is 249 g/mol. The summed E-state index contributed by atoms with van der Waals surface area (Å²) in [6.07, 6.45) is 0. The molecule has 16 heavy (non-hydrogen) atoms. The van der Waals surface area contributed by atoms with E-state index in [0.717, 1.165) is 16.9 Å². The minimum Gasteiger partial charge on any atom is -0.352 e. The molecule has 1 heterocycles. The van der Waals surface area contributed by atoms with Crippen molar-refractivity contribution in [3.05, 3.63) is 45.1 Å². The SMILES string of the molecule is Cc1cccc(Cl)c1Nc1cscc1C#N. The lowest BCUT2D eigenvalue weighted by Crippen LogP contribution is -1.94. The second-order valence-corrected chi connectivity index (χ2v) is 4.52. The molecule has 2 aromatic rings. The van der Waals surface area contributed by atoms with Gasteiger partial charge in [0.05, 0.1) is 22.0 Å². The molecule has 0 bridgehead atoms. The first-order valence-electron chi connectivity index (χ1n) is 4.71. The minimum atomic E-state index is 0.643. The maximum atomic E-state index is 8.91. The third-order valence-electron chi connectivity index (χ3n) is 2.26. The minimum absolute atomic E-state index is 0.643. The Hall–Kier alpha value is -1.50. The second kappa shape index (κ2) is 4.56. The van der Waals surface area contributed by atoms with Crippen molar-refractivity contribution >= 4 is 34.3 Å². The van der Waals surface area contributed by atoms with Crippen LogP contribution in [0.1, 0.15) is 11.1 Å². The van der Waals surface area contributed by atoms with Crippen LogP contribution in [-0.4, -0.2) is 0 Å². The molecule has 4 heteroatoms. The van der Waals surface area contributed by atoms with E-state index in [0.29, 0.717) is 10.6 Å². The van der Waals surface area contributed by atoms with Crippen molar-refractivity contribution in [2.24, 2.45) is 0 Å². The van der Waals surface area contributed by atoms with Crippen molar-refractivity contribution in [2.75, 3.05) is 5.32 Å². The van der Waals surface area contributed by atoms with E-state index in [2.05, 4.69) is 11.4 Å². The largest absolute Gasteiger partial charge is 0.352 e. The van der Waals surface area contributed by atoms with Crippen LogP contribution in [-0.2, 0) is 0 Å². The number of anilines is 2. The molecule has 1 N–H and O–H groups in total. The van der Waals surface area contributed by atoms with Crippen LogP contribution in [0.15, 0.2) is 29.0 Å². The Bertz CT molecular complexity index is 534. The Balaban J connectivity index is 2.38. The Labute approximate surface area is 103 Å². The van der Waals surface area contributed by atoms with Gasteiger partial charge in [0.15, 0.2) is 0 Å². The first-order valence-corrected chi connectivity index (χ1v) is 6.03. The Morgan fingerprint density at radius 3 is 2.88 bits per heavy atom. The summed E-state index contributed by atoms with van der Waals surface area (Å²) >= 11 is 7.59. The monoisotopic (exact) mass is 248 g/mol. The number of benzene rings is 1. The van der Waals surface area contributed by atoms with Gasteiger partial charge in [0.25, 0.3) is 0 Å². The number of nitriles is 1. The number of aryl methyl sites for hydroxylation is 1. The van der Waals surface area contributed by atoms with Crippen LogP contribution < -0.4 is 5.32 Å². The van der Waals surface area contributed by atoms with E-state index in [4.69, 9.17) is 16.9 Å². The van der Waals surface area contributed by atoms with Gasteiger partial charge in [-0.2, -0.15) is 5.26 Å². The topological polar surface area (TPSA) is 35.8 Å². The number of rotatable bonds is 2. The quantitative estimate of drug-likeness (QED) is 0.859. The van der Waals surface area contributed by atoms with Crippen molar-refractivity contribution in [3.63, 3.8) is 0 Å². The van der Waals surface area contributed by atoms with E-state index in [9.17, 15) is 0 Å². The molecule has 0 amide bonds. The highest BCUT2D eigenvalue weighted by molar-refractivity contribution is 7.08. The van der Waals surface area contributed by atoms with Crippen molar-refractivity contribution in [2.45, 2.75) is 6.92 Å². The van der Waals surface area contributed by atoms with Gasteiger partial charge in [0, 0.05) is 10.8 Å². The molecular formula is C12H9ClN2S. The molecule has 0 atom stereocenters. The predicted octanol–water partition coefficient (Wildman–Crippen LogP) is 4.33. The summed E-state index contributed by atoms with van der Waals surface area (Å²) in [4.78, 5) is 0. The number of thiophene rings is 1. The molecule has 0 aliphatic rings. The predicted molar refractivity (Wildman–Crippen MR) is 68.5 cm³/mol. The fourth-order valence-electron chi connectivity index (χ4n) is 1.41. The van der Waals surface area contributed by atoms with E-state index < -0.39 is 0 Å². The van der Waals surface area contributed by atoms with E-state index in [-0.39, 0.29) is 0 Å². The molecule has 0 aliphatic carbocycles. The number of halogens is 1. The van der Waals surface area contributed by atoms with Crippen LogP contribution in [0, 0.1) is 18.3 Å². The molecule has 2 nitrogen and oxygen atoms in total. The number of para-hydroxylation sites is 1. The van der Waals surface area contributed by atoms with Crippen molar-refractivity contribution in [3.8, 4) is 6.07 Å². The summed E-state index contributed by atoms with van der Waals surface area (Å²) in [6, 6.07) is 7.85. The summed E-state index contributed by atoms with van der Waals surface area (Å²) in [6.45, 7) is 1.98. The van der Waals surface area contributed by atoms with Gasteiger partial charge in [-0.15, -0.1) is 11.3 Å². The Kier molecular flexibility index (Phi) is 3.14. The zero-order valence-corrected chi connectivity index (χ0v) is 10.2. The van der Waals surface area contributed by atoms with Gasteiger partial charge >= 0.3 is 0 Å². The third-order valence-corrected chi connectivity index (χ3v) is 3.32. The van der Waals surface area contributed by atoms with Gasteiger partial charge in [-0.25, -0.2) is 0 Å². The molecule has 1 aromatic carbocycles. The Morgan fingerprint density at radius 2 is 2.19 bits per heavy atom. The first kappa shape index (κ1) is 11.0. The molecule has 0 radical (unpaired) electrons. The summed E-state index contributed by atoms with van der Waals surface area (Å²) in [7, 11) is 0. The zero-order chi connectivity index (χ0) is 11.5. The van der Waals surface area contributed by atoms with Crippen LogP contribution in [0.3, 0.4) is 0 Å². The molecule has 0 fully saturated rings. The number of hydrogen-bond donors (Lipinski definition) is 1. The number of hydrogen-bond acceptors (Lipinski definition) is 3. The molecule has 80 valence electrons. The van der Waals surface area contributed by atoms with Gasteiger partial charge in [0.2, 0.25) is 0 Å². The molecule has 0 saturated carbocycles. The van der Waals surface area contributed by atoms with Gasteiger partial charge in [-0.1, -0.05) is 23.7 Å². The standard InChI is InChI=1S/C12H9ClN2S/c1-8-3-2-4-10(13)12(8)15-11-7-16-6-9(11)5-14/h2-4,6-7,15H,1H3.